The molecule has 3 rings (SSSR count). The van der Waals surface area contributed by atoms with E-state index in [4.69, 9.17) is 0 Å². The van der Waals surface area contributed by atoms with E-state index < -0.39 is 11.9 Å². The third-order valence-electron chi connectivity index (χ3n) is 4.66. The van der Waals surface area contributed by atoms with Gasteiger partial charge in [-0.05, 0) is 37.3 Å². The lowest BCUT2D eigenvalue weighted by atomic mass is 9.91. The molecule has 0 radical (unpaired) electrons. The zero-order valence-corrected chi connectivity index (χ0v) is 12.2. The summed E-state index contributed by atoms with van der Waals surface area (Å²) in [5.74, 6) is -1.37. The second-order valence-corrected chi connectivity index (χ2v) is 5.96. The number of fused-ring (bicyclic) bond motifs is 1. The lowest BCUT2D eigenvalue weighted by molar-refractivity contribution is -0.141. The lowest BCUT2D eigenvalue weighted by Crippen LogP contribution is -2.52. The average molecular weight is 288 g/mol. The van der Waals surface area contributed by atoms with E-state index >= 15 is 0 Å². The van der Waals surface area contributed by atoms with Crippen LogP contribution in [-0.4, -0.2) is 41.6 Å². The Hall–Kier alpha value is -2.04. The zero-order chi connectivity index (χ0) is 15.0. The minimum absolute atomic E-state index is 0.0851. The molecule has 2 amide bonds. The van der Waals surface area contributed by atoms with Crippen molar-refractivity contribution in [2.24, 2.45) is 5.92 Å². The van der Waals surface area contributed by atoms with Crippen LogP contribution in [0.5, 0.6) is 0 Å². The third-order valence-corrected chi connectivity index (χ3v) is 4.66. The smallest absolute Gasteiger partial charge is 0.324 e. The maximum atomic E-state index is 12.7. The van der Waals surface area contributed by atoms with Gasteiger partial charge in [0.15, 0.2) is 0 Å². The first-order valence-corrected chi connectivity index (χ1v) is 7.43. The van der Waals surface area contributed by atoms with E-state index in [1.165, 1.54) is 0 Å². The van der Waals surface area contributed by atoms with Crippen LogP contribution in [-0.2, 0) is 11.2 Å². The predicted octanol–water partition coefficient (Wildman–Crippen LogP) is 2.35. The molecule has 1 unspecified atom stereocenters. The molecule has 1 atom stereocenters. The Morgan fingerprint density at radius 3 is 2.62 bits per heavy atom. The maximum Gasteiger partial charge on any atom is 0.324 e. The van der Waals surface area contributed by atoms with Crippen LogP contribution in [0.15, 0.2) is 24.3 Å². The monoisotopic (exact) mass is 288 g/mol. The van der Waals surface area contributed by atoms with Crippen LogP contribution in [0, 0.1) is 5.92 Å². The number of nitrogens with zero attached hydrogens (tertiary/aromatic N) is 2. The molecule has 0 spiro atoms. The summed E-state index contributed by atoms with van der Waals surface area (Å²) in [5.41, 5.74) is 1.79. The lowest BCUT2D eigenvalue weighted by Gasteiger charge is -2.40. The van der Waals surface area contributed by atoms with E-state index in [-0.39, 0.29) is 12.6 Å². The number of hydrogen-bond acceptors (Lipinski definition) is 2. The molecule has 1 heterocycles. The largest absolute Gasteiger partial charge is 0.481 e. The number of carbonyl (C=O) groups excluding carboxylic acids is 1. The highest BCUT2D eigenvalue weighted by atomic mass is 16.4. The summed E-state index contributed by atoms with van der Waals surface area (Å²) in [7, 11) is 1.82. The van der Waals surface area contributed by atoms with Crippen molar-refractivity contribution in [2.75, 3.05) is 18.5 Å². The van der Waals surface area contributed by atoms with E-state index in [9.17, 15) is 14.7 Å². The number of carboxylic acid groups (broad SMARTS) is 1. The first-order chi connectivity index (χ1) is 10.1. The summed E-state index contributed by atoms with van der Waals surface area (Å²) in [4.78, 5) is 27.5. The van der Waals surface area contributed by atoms with Crippen molar-refractivity contribution in [3.63, 3.8) is 0 Å². The van der Waals surface area contributed by atoms with Crippen LogP contribution < -0.4 is 4.90 Å². The number of benzene rings is 1. The summed E-state index contributed by atoms with van der Waals surface area (Å²) < 4.78 is 0. The van der Waals surface area contributed by atoms with Crippen molar-refractivity contribution < 1.29 is 14.7 Å². The SMILES string of the molecule is CN(C(=O)N1CC(C(=O)O)Cc2ccccc21)C1CCC1. The molecule has 2 aliphatic rings. The summed E-state index contributed by atoms with van der Waals surface area (Å²) in [6, 6.07) is 7.81. The van der Waals surface area contributed by atoms with Crippen LogP contribution in [0.1, 0.15) is 24.8 Å². The topological polar surface area (TPSA) is 60.9 Å². The van der Waals surface area contributed by atoms with Crippen molar-refractivity contribution in [3.05, 3.63) is 29.8 Å². The highest BCUT2D eigenvalue weighted by molar-refractivity contribution is 5.94. The molecule has 5 heteroatoms. The first kappa shape index (κ1) is 13.9. The van der Waals surface area contributed by atoms with Crippen molar-refractivity contribution in [1.29, 1.82) is 0 Å². The van der Waals surface area contributed by atoms with Crippen LogP contribution in [0.3, 0.4) is 0 Å². The van der Waals surface area contributed by atoms with Crippen molar-refractivity contribution >= 4 is 17.7 Å². The second-order valence-electron chi connectivity index (χ2n) is 5.96. The van der Waals surface area contributed by atoms with Gasteiger partial charge in [0, 0.05) is 25.3 Å². The molecule has 1 fully saturated rings. The van der Waals surface area contributed by atoms with Crippen LogP contribution in [0.4, 0.5) is 10.5 Å². The Kier molecular flexibility index (Phi) is 3.57. The number of para-hydroxylation sites is 1. The van der Waals surface area contributed by atoms with E-state index in [0.717, 1.165) is 30.5 Å². The van der Waals surface area contributed by atoms with Gasteiger partial charge >= 0.3 is 12.0 Å². The second kappa shape index (κ2) is 5.39. The van der Waals surface area contributed by atoms with E-state index in [1.54, 1.807) is 9.80 Å². The Balaban J connectivity index is 1.88. The van der Waals surface area contributed by atoms with Gasteiger partial charge in [0.25, 0.3) is 0 Å². The van der Waals surface area contributed by atoms with Crippen molar-refractivity contribution in [2.45, 2.75) is 31.7 Å². The highest BCUT2D eigenvalue weighted by Gasteiger charge is 2.35. The summed E-state index contributed by atoms with van der Waals surface area (Å²) in [6.07, 6.45) is 3.74. The van der Waals surface area contributed by atoms with Gasteiger partial charge in [0.2, 0.25) is 0 Å². The fraction of sp³-hybridized carbons (Fsp3) is 0.500. The van der Waals surface area contributed by atoms with Crippen molar-refractivity contribution in [3.8, 4) is 0 Å². The Morgan fingerprint density at radius 2 is 2.00 bits per heavy atom. The number of urea groups is 1. The van der Waals surface area contributed by atoms with Crippen LogP contribution in [0.2, 0.25) is 0 Å². The molecule has 112 valence electrons. The molecule has 21 heavy (non-hydrogen) atoms. The molecule has 1 saturated carbocycles. The zero-order valence-electron chi connectivity index (χ0n) is 12.2. The van der Waals surface area contributed by atoms with Gasteiger partial charge in [0.05, 0.1) is 5.92 Å². The standard InChI is InChI=1S/C16H20N2O3/c1-17(13-6-4-7-13)16(21)18-10-12(15(19)20)9-11-5-2-3-8-14(11)18/h2-3,5,8,12-13H,4,6-7,9-10H2,1H3,(H,19,20). The number of carbonyl (C=O) groups is 2. The number of amides is 2. The fourth-order valence-electron chi connectivity index (χ4n) is 3.06. The van der Waals surface area contributed by atoms with Gasteiger partial charge in [-0.3, -0.25) is 9.69 Å². The quantitative estimate of drug-likeness (QED) is 0.908. The Labute approximate surface area is 124 Å². The maximum absolute atomic E-state index is 12.7. The van der Waals surface area contributed by atoms with Gasteiger partial charge < -0.3 is 10.0 Å². The van der Waals surface area contributed by atoms with E-state index in [0.29, 0.717) is 12.5 Å². The summed E-state index contributed by atoms with van der Waals surface area (Å²) in [5, 5.41) is 9.32. The van der Waals surface area contributed by atoms with Crippen LogP contribution >= 0.6 is 0 Å². The van der Waals surface area contributed by atoms with Gasteiger partial charge in [-0.25, -0.2) is 4.79 Å². The molecule has 1 N–H and O–H groups in total. The Bertz CT molecular complexity index is 568. The molecular weight excluding hydrogens is 268 g/mol. The van der Waals surface area contributed by atoms with Gasteiger partial charge in [-0.1, -0.05) is 18.2 Å². The predicted molar refractivity (Wildman–Crippen MR) is 79.4 cm³/mol. The third kappa shape index (κ3) is 2.48. The molecule has 1 aromatic rings. The molecular formula is C16H20N2O3. The Morgan fingerprint density at radius 1 is 1.29 bits per heavy atom. The molecule has 0 aromatic heterocycles. The summed E-state index contributed by atoms with van der Waals surface area (Å²) in [6.45, 7) is 0.252. The number of hydrogen-bond donors (Lipinski definition) is 1. The molecule has 1 aliphatic carbocycles. The number of carboxylic acids is 1. The normalized spacial score (nSPS) is 21.4. The van der Waals surface area contributed by atoms with Crippen LogP contribution in [0.25, 0.3) is 0 Å². The highest BCUT2D eigenvalue weighted by Crippen LogP contribution is 2.32. The molecule has 5 nitrogen and oxygen atoms in total. The first-order valence-electron chi connectivity index (χ1n) is 7.43. The van der Waals surface area contributed by atoms with Crippen molar-refractivity contribution in [1.82, 2.24) is 4.90 Å². The van der Waals surface area contributed by atoms with Gasteiger partial charge in [-0.2, -0.15) is 0 Å². The number of rotatable bonds is 2. The molecule has 0 bridgehead atoms. The number of aliphatic carboxylic acids is 1. The van der Waals surface area contributed by atoms with Gasteiger partial charge in [-0.15, -0.1) is 0 Å². The minimum atomic E-state index is -0.839. The van der Waals surface area contributed by atoms with Gasteiger partial charge in [0.1, 0.15) is 0 Å². The minimum Gasteiger partial charge on any atom is -0.481 e. The molecule has 1 aliphatic heterocycles. The summed E-state index contributed by atoms with van der Waals surface area (Å²) >= 11 is 0. The molecule has 0 saturated heterocycles. The molecule has 1 aromatic carbocycles. The average Bonchev–Trinajstić information content (AvgIpc) is 2.43. The van der Waals surface area contributed by atoms with E-state index in [2.05, 4.69) is 0 Å². The fourth-order valence-corrected chi connectivity index (χ4v) is 3.06. The van der Waals surface area contributed by atoms with E-state index in [1.807, 2.05) is 31.3 Å². The number of anilines is 1.